The molecule has 61 valence electrons. The fourth-order valence-electron chi connectivity index (χ4n) is 0.898. The van der Waals surface area contributed by atoms with Crippen molar-refractivity contribution in [1.29, 1.82) is 0 Å². The van der Waals surface area contributed by atoms with E-state index >= 15 is 0 Å². The van der Waals surface area contributed by atoms with Crippen molar-refractivity contribution >= 4 is 45.4 Å². The van der Waals surface area contributed by atoms with E-state index in [4.69, 9.17) is 10.0 Å². The first-order chi connectivity index (χ1) is 4.41. The van der Waals surface area contributed by atoms with Gasteiger partial charge in [0.1, 0.15) is 0 Å². The maximum Gasteiger partial charge on any atom is 2.00 e. The van der Waals surface area contributed by atoms with E-state index in [2.05, 4.69) is 5.32 Å². The molecule has 0 aromatic rings. The molecule has 1 radical (unpaired) electrons. The molecule has 0 aromatic carbocycles. The molecule has 1 aliphatic heterocycles. The summed E-state index contributed by atoms with van der Waals surface area (Å²) in [5.41, 5.74) is 0. The van der Waals surface area contributed by atoms with Gasteiger partial charge in [0.25, 0.3) is 0 Å². The average molecular weight is 186 g/mol. The summed E-state index contributed by atoms with van der Waals surface area (Å²) < 4.78 is 0. The Bertz CT molecular complexity index is 45.5. The Hall–Kier alpha value is 1.16. The van der Waals surface area contributed by atoms with Gasteiger partial charge in [0, 0.05) is 0 Å². The van der Waals surface area contributed by atoms with Gasteiger partial charge >= 0.3 is 37.7 Å². The number of rotatable bonds is 0. The Labute approximate surface area is 98.0 Å². The Kier molecular flexibility index (Phi) is 28.4. The molecule has 0 spiro atoms. The Morgan fingerprint density at radius 2 is 1.36 bits per heavy atom. The summed E-state index contributed by atoms with van der Waals surface area (Å²) in [4.78, 5) is 0. The zero-order valence-corrected chi connectivity index (χ0v) is 8.87. The second kappa shape index (κ2) is 17.3. The first kappa shape index (κ1) is 18.1. The molecule has 6 heteroatoms. The first-order valence-electron chi connectivity index (χ1n) is 3.29. The zero-order valence-electron chi connectivity index (χ0n) is 6.66. The molecule has 1 heterocycles. The molecule has 3 N–H and O–H groups in total. The summed E-state index contributed by atoms with van der Waals surface area (Å²) in [7, 11) is -0.500. The fourth-order valence-corrected chi connectivity index (χ4v) is 0.898. The summed E-state index contributed by atoms with van der Waals surface area (Å²) in [6, 6.07) is 0. The number of hydrogen-bond donors (Lipinski definition) is 1. The van der Waals surface area contributed by atoms with Crippen LogP contribution in [0.2, 0.25) is 0 Å². The second-order valence-corrected chi connectivity index (χ2v) is 2.02. The van der Waals surface area contributed by atoms with Crippen LogP contribution in [0.25, 0.3) is 0 Å². The minimum Gasteiger partial charge on any atom is -0.900 e. The van der Waals surface area contributed by atoms with Crippen molar-refractivity contribution in [1.82, 2.24) is 0 Å². The van der Waals surface area contributed by atoms with Crippen LogP contribution in [0.5, 0.6) is 0 Å². The van der Waals surface area contributed by atoms with Crippen LogP contribution in [0.3, 0.4) is 0 Å². The minimum absolute atomic E-state index is 0. The quantitative estimate of drug-likeness (QED) is 0.396. The topological polar surface area (TPSA) is 92.7 Å². The molecule has 1 fully saturated rings. The normalized spacial score (nSPS) is 14.4. The van der Waals surface area contributed by atoms with Crippen LogP contribution < -0.4 is 15.4 Å². The predicted molar refractivity (Wildman–Crippen MR) is 39.0 cm³/mol. The third kappa shape index (κ3) is 18.3. The number of nitrogens with two attached hydrogens (primary N) is 1. The van der Waals surface area contributed by atoms with Gasteiger partial charge < -0.3 is 20.8 Å². The molecular formula is C5H13BCaNO3. The molecular weight excluding hydrogens is 173 g/mol. The molecule has 0 aromatic heterocycles. The van der Waals surface area contributed by atoms with Gasteiger partial charge in [0.05, 0.1) is 13.1 Å². The summed E-state index contributed by atoms with van der Waals surface area (Å²) in [5, 5.41) is 18.9. The molecule has 0 bridgehead atoms. The van der Waals surface area contributed by atoms with E-state index in [1.165, 1.54) is 32.4 Å². The molecule has 1 saturated heterocycles. The smallest absolute Gasteiger partial charge is 0.900 e. The van der Waals surface area contributed by atoms with Gasteiger partial charge in [-0.1, -0.05) is 0 Å². The van der Waals surface area contributed by atoms with E-state index in [0.717, 1.165) is 0 Å². The fraction of sp³-hybridized carbons (Fsp3) is 1.00. The van der Waals surface area contributed by atoms with E-state index < -0.39 is 7.69 Å². The van der Waals surface area contributed by atoms with Crippen LogP contribution in [0.15, 0.2) is 0 Å². The number of hydrogen-bond acceptors (Lipinski definition) is 3. The molecule has 1 rings (SSSR count). The third-order valence-corrected chi connectivity index (χ3v) is 1.32. The van der Waals surface area contributed by atoms with Crippen LogP contribution in [0.1, 0.15) is 19.3 Å². The van der Waals surface area contributed by atoms with E-state index in [1.54, 1.807) is 0 Å². The number of quaternary nitrogens is 1. The summed E-state index contributed by atoms with van der Waals surface area (Å²) in [6.07, 6.45) is 4.36. The van der Waals surface area contributed by atoms with Crippen LogP contribution in [-0.4, -0.2) is 64.0 Å². The Balaban J connectivity index is -0.000000116. The predicted octanol–water partition coefficient (Wildman–Crippen LogP) is -3.58. The minimum atomic E-state index is -0.500. The van der Waals surface area contributed by atoms with Gasteiger partial charge in [-0.2, -0.15) is 0 Å². The monoisotopic (exact) mass is 186 g/mol. The molecule has 0 saturated carbocycles. The molecule has 0 aliphatic carbocycles. The van der Waals surface area contributed by atoms with Crippen molar-refractivity contribution in [3.8, 4) is 0 Å². The summed E-state index contributed by atoms with van der Waals surface area (Å²) in [5.74, 6) is 0. The first-order valence-corrected chi connectivity index (χ1v) is 3.29. The summed E-state index contributed by atoms with van der Waals surface area (Å²) in [6.45, 7) is 2.75. The molecule has 0 amide bonds. The third-order valence-electron chi connectivity index (χ3n) is 1.32. The van der Waals surface area contributed by atoms with Crippen molar-refractivity contribution in [2.24, 2.45) is 0 Å². The molecule has 11 heavy (non-hydrogen) atoms. The van der Waals surface area contributed by atoms with E-state index in [1.807, 2.05) is 0 Å². The van der Waals surface area contributed by atoms with Gasteiger partial charge in [0.15, 0.2) is 0 Å². The maximum atomic E-state index is 8.25. The van der Waals surface area contributed by atoms with Gasteiger partial charge in [-0.25, -0.2) is 7.69 Å². The standard InChI is InChI=1S/C5H11N.BO2.Ca.H2O/c1-2-4-6-5-3-1;2-1-3;;/h6H,1-5H2;;;1H2/q;-2;+2;. The van der Waals surface area contributed by atoms with Crippen molar-refractivity contribution in [2.75, 3.05) is 13.1 Å². The second-order valence-electron chi connectivity index (χ2n) is 2.02. The van der Waals surface area contributed by atoms with Gasteiger partial charge in [-0.15, -0.1) is 0 Å². The van der Waals surface area contributed by atoms with Crippen molar-refractivity contribution in [2.45, 2.75) is 19.3 Å². The van der Waals surface area contributed by atoms with Crippen LogP contribution in [0, 0.1) is 0 Å². The Morgan fingerprint density at radius 3 is 1.45 bits per heavy atom. The van der Waals surface area contributed by atoms with E-state index in [9.17, 15) is 0 Å². The van der Waals surface area contributed by atoms with Gasteiger partial charge in [-0.3, -0.25) is 0 Å². The van der Waals surface area contributed by atoms with Crippen molar-refractivity contribution in [3.63, 3.8) is 0 Å². The van der Waals surface area contributed by atoms with Crippen LogP contribution in [0.4, 0.5) is 0 Å². The Morgan fingerprint density at radius 1 is 1.00 bits per heavy atom. The van der Waals surface area contributed by atoms with Crippen LogP contribution >= 0.6 is 0 Å². The zero-order chi connectivity index (χ0) is 6.95. The molecule has 0 atom stereocenters. The molecule has 0 unspecified atom stereocenters. The van der Waals surface area contributed by atoms with Crippen LogP contribution in [-0.2, 0) is 0 Å². The number of piperidine rings is 1. The largest absolute Gasteiger partial charge is 2.00 e. The molecule has 1 aliphatic rings. The average Bonchev–Trinajstić information content (AvgIpc) is 1.93. The SMILES string of the molecule is C1CC[NH2+]CC1.[Ca+2].[O-][B][O-].[OH-]. The van der Waals surface area contributed by atoms with Gasteiger partial charge in [0.2, 0.25) is 0 Å². The van der Waals surface area contributed by atoms with Crippen molar-refractivity contribution in [3.05, 3.63) is 0 Å². The van der Waals surface area contributed by atoms with E-state index in [0.29, 0.717) is 0 Å². The van der Waals surface area contributed by atoms with Crippen molar-refractivity contribution < 1.29 is 20.8 Å². The molecule has 4 nitrogen and oxygen atoms in total. The summed E-state index contributed by atoms with van der Waals surface area (Å²) >= 11 is 0. The van der Waals surface area contributed by atoms with Gasteiger partial charge in [-0.05, 0) is 19.3 Å². The van der Waals surface area contributed by atoms with E-state index in [-0.39, 0.29) is 43.2 Å². The maximum absolute atomic E-state index is 8.25.